The second-order valence-electron chi connectivity index (χ2n) is 7.19. The number of halogens is 5. The lowest BCUT2D eigenvalue weighted by molar-refractivity contribution is -0.138. The van der Waals surface area contributed by atoms with Crippen LogP contribution in [0.1, 0.15) is 16.7 Å². The van der Waals surface area contributed by atoms with Gasteiger partial charge in [-0.3, -0.25) is 4.79 Å². The summed E-state index contributed by atoms with van der Waals surface area (Å²) in [6.07, 6.45) is -1.91. The summed E-state index contributed by atoms with van der Waals surface area (Å²) in [4.78, 5) is 20.6. The van der Waals surface area contributed by atoms with Crippen LogP contribution in [-0.4, -0.2) is 19.9 Å². The van der Waals surface area contributed by atoms with Crippen molar-refractivity contribution in [3.63, 3.8) is 0 Å². The minimum atomic E-state index is -4.76. The van der Waals surface area contributed by atoms with Gasteiger partial charge < -0.3 is 9.94 Å². The van der Waals surface area contributed by atoms with E-state index in [0.29, 0.717) is 10.9 Å². The molecule has 0 saturated carbocycles. The highest BCUT2D eigenvalue weighted by Crippen LogP contribution is 2.41. The highest BCUT2D eigenvalue weighted by molar-refractivity contribution is 5.74. The smallest absolute Gasteiger partial charge is 0.418 e. The molecular formula is C22H14F5N3O3. The molecule has 0 spiro atoms. The summed E-state index contributed by atoms with van der Waals surface area (Å²) in [7, 11) is 0. The predicted molar refractivity (Wildman–Crippen MR) is 106 cm³/mol. The molecule has 0 saturated heterocycles. The Hall–Kier alpha value is -4.02. The van der Waals surface area contributed by atoms with Gasteiger partial charge in [0.2, 0.25) is 5.88 Å². The molecule has 3 heterocycles. The van der Waals surface area contributed by atoms with Gasteiger partial charge in [-0.05, 0) is 37.6 Å². The fraction of sp³-hybridized carbons (Fsp3) is 0.136. The Morgan fingerprint density at radius 2 is 1.79 bits per heavy atom. The van der Waals surface area contributed by atoms with Crippen LogP contribution in [0.25, 0.3) is 22.5 Å². The lowest BCUT2D eigenvalue weighted by Gasteiger charge is -2.18. The van der Waals surface area contributed by atoms with Crippen LogP contribution < -0.4 is 10.2 Å². The molecule has 2 aliphatic rings. The molecule has 0 radical (unpaired) electrons. The van der Waals surface area contributed by atoms with Crippen molar-refractivity contribution in [3.8, 4) is 34.1 Å². The van der Waals surface area contributed by atoms with Crippen molar-refractivity contribution in [2.75, 3.05) is 0 Å². The van der Waals surface area contributed by atoms with E-state index in [2.05, 4.69) is 9.97 Å². The molecule has 2 aromatic rings. The Kier molecular flexibility index (Phi) is 5.27. The lowest BCUT2D eigenvalue weighted by atomic mass is 10.0. The molecule has 33 heavy (non-hydrogen) atoms. The van der Waals surface area contributed by atoms with Crippen LogP contribution in [0.4, 0.5) is 22.0 Å². The van der Waals surface area contributed by atoms with Crippen LogP contribution in [0.15, 0.2) is 47.7 Å². The van der Waals surface area contributed by atoms with E-state index >= 15 is 0 Å². The molecule has 1 aromatic heterocycles. The number of rotatable bonds is 3. The number of aromatic nitrogens is 3. The number of benzene rings is 1. The van der Waals surface area contributed by atoms with Gasteiger partial charge in [0.15, 0.2) is 17.1 Å². The van der Waals surface area contributed by atoms with E-state index in [1.165, 1.54) is 19.2 Å². The molecule has 6 nitrogen and oxygen atoms in total. The fourth-order valence-electron chi connectivity index (χ4n) is 3.35. The second-order valence-corrected chi connectivity index (χ2v) is 7.19. The van der Waals surface area contributed by atoms with Crippen LogP contribution in [0.3, 0.4) is 0 Å². The maximum Gasteiger partial charge on any atom is 0.418 e. The van der Waals surface area contributed by atoms with E-state index in [1.807, 2.05) is 0 Å². The Bertz CT molecular complexity index is 1420. The maximum atomic E-state index is 14.0. The number of hydrogen-bond donors (Lipinski definition) is 1. The van der Waals surface area contributed by atoms with Crippen LogP contribution in [0, 0.1) is 25.5 Å². The lowest BCUT2D eigenvalue weighted by Crippen LogP contribution is -2.13. The number of nitrogens with zero attached hydrogens (tertiary/aromatic N) is 3. The fourth-order valence-corrected chi connectivity index (χ4v) is 3.35. The molecule has 11 heteroatoms. The minimum absolute atomic E-state index is 0.0280. The van der Waals surface area contributed by atoms with Crippen molar-refractivity contribution in [1.29, 1.82) is 0 Å². The number of pyridine rings is 3. The van der Waals surface area contributed by atoms with Gasteiger partial charge in [-0.15, -0.1) is 0 Å². The average molecular weight is 463 g/mol. The summed E-state index contributed by atoms with van der Waals surface area (Å²) in [5, 5.41) is 9.52. The van der Waals surface area contributed by atoms with Crippen molar-refractivity contribution in [2.45, 2.75) is 20.0 Å². The van der Waals surface area contributed by atoms with Gasteiger partial charge in [0.05, 0.1) is 34.3 Å². The van der Waals surface area contributed by atoms with Crippen molar-refractivity contribution < 1.29 is 31.9 Å². The molecule has 170 valence electrons. The minimum Gasteiger partial charge on any atom is -0.438 e. The van der Waals surface area contributed by atoms with Gasteiger partial charge in [-0.25, -0.2) is 23.5 Å². The Morgan fingerprint density at radius 3 is 2.48 bits per heavy atom. The summed E-state index contributed by atoms with van der Waals surface area (Å²) in [5.41, 5.74) is -2.53. The molecule has 0 unspecified atom stereocenters. The van der Waals surface area contributed by atoms with E-state index in [-0.39, 0.29) is 45.3 Å². The van der Waals surface area contributed by atoms with Gasteiger partial charge in [0, 0.05) is 24.0 Å². The van der Waals surface area contributed by atoms with Gasteiger partial charge in [-0.2, -0.15) is 13.2 Å². The number of hydrogen-bond acceptors (Lipinski definition) is 5. The van der Waals surface area contributed by atoms with Gasteiger partial charge >= 0.3 is 6.18 Å². The molecule has 0 bridgehead atoms. The standard InChI is InChI=1S/C22H14F5N3O3/c1-10-13(22(25,26)27)8-28-21(33-18-4-3-14(23)20(24)11(18)2)19(10)16-7-17(31)12-9-30(32)6-5-15(12)29-16/h3-9,32H,1-2H3. The van der Waals surface area contributed by atoms with E-state index in [9.17, 15) is 32.0 Å². The first kappa shape index (κ1) is 22.2. The van der Waals surface area contributed by atoms with Crippen LogP contribution in [-0.2, 0) is 6.18 Å². The summed E-state index contributed by atoms with van der Waals surface area (Å²) >= 11 is 0. The first-order valence-electron chi connectivity index (χ1n) is 9.39. The molecule has 0 aliphatic carbocycles. The third-order valence-corrected chi connectivity index (χ3v) is 5.06. The first-order chi connectivity index (χ1) is 15.5. The molecular weight excluding hydrogens is 449 g/mol. The van der Waals surface area contributed by atoms with E-state index in [4.69, 9.17) is 4.74 Å². The molecule has 2 aliphatic heterocycles. The second kappa shape index (κ2) is 7.84. The summed E-state index contributed by atoms with van der Waals surface area (Å²) in [6, 6.07) is 4.20. The zero-order valence-corrected chi connectivity index (χ0v) is 17.0. The molecule has 1 aromatic carbocycles. The Labute approximate surface area is 182 Å². The summed E-state index contributed by atoms with van der Waals surface area (Å²) in [6.45, 7) is 2.40. The quantitative estimate of drug-likeness (QED) is 0.327. The first-order valence-corrected chi connectivity index (χ1v) is 9.39. The van der Waals surface area contributed by atoms with Crippen LogP contribution in [0.2, 0.25) is 0 Å². The van der Waals surface area contributed by atoms with Gasteiger partial charge in [-0.1, -0.05) is 0 Å². The third-order valence-electron chi connectivity index (χ3n) is 5.06. The van der Waals surface area contributed by atoms with Crippen LogP contribution >= 0.6 is 0 Å². The van der Waals surface area contributed by atoms with Crippen LogP contribution in [0.5, 0.6) is 11.6 Å². The SMILES string of the molecule is Cc1c(Oc2ncc(C(F)(F)F)c(C)c2-c2cc(=O)c3cn(O)ccc-3n2)ccc(F)c1F. The number of alkyl halides is 3. The molecule has 0 atom stereocenters. The van der Waals surface area contributed by atoms with Crippen molar-refractivity contribution in [3.05, 3.63) is 81.4 Å². The predicted octanol–water partition coefficient (Wildman–Crippen LogP) is 5.35. The average Bonchev–Trinajstić information content (AvgIpc) is 2.74. The zero-order chi connectivity index (χ0) is 24.1. The molecule has 4 rings (SSSR count). The highest BCUT2D eigenvalue weighted by atomic mass is 19.4. The summed E-state index contributed by atoms with van der Waals surface area (Å²) < 4.78 is 74.3. The van der Waals surface area contributed by atoms with Crippen molar-refractivity contribution in [1.82, 2.24) is 14.7 Å². The van der Waals surface area contributed by atoms with E-state index < -0.39 is 28.8 Å². The monoisotopic (exact) mass is 463 g/mol. The van der Waals surface area contributed by atoms with Gasteiger partial charge in [0.1, 0.15) is 5.75 Å². The topological polar surface area (TPSA) is 77.2 Å². The molecule has 1 N–H and O–H groups in total. The normalized spacial score (nSPS) is 11.7. The Balaban J connectivity index is 1.98. The van der Waals surface area contributed by atoms with Crippen molar-refractivity contribution in [2.24, 2.45) is 0 Å². The largest absolute Gasteiger partial charge is 0.438 e. The third kappa shape index (κ3) is 3.97. The van der Waals surface area contributed by atoms with E-state index in [0.717, 1.165) is 31.3 Å². The molecule has 0 amide bonds. The number of ether oxygens (including phenoxy) is 1. The van der Waals surface area contributed by atoms with Gasteiger partial charge in [0.25, 0.3) is 0 Å². The Morgan fingerprint density at radius 1 is 1.06 bits per heavy atom. The highest BCUT2D eigenvalue weighted by Gasteiger charge is 2.35. The zero-order valence-electron chi connectivity index (χ0n) is 17.0. The van der Waals surface area contributed by atoms with E-state index in [1.54, 1.807) is 0 Å². The summed E-state index contributed by atoms with van der Waals surface area (Å²) in [5.74, 6) is -2.86. The molecule has 0 fully saturated rings. The maximum absolute atomic E-state index is 14.0. The number of fused-ring (bicyclic) bond motifs is 1. The van der Waals surface area contributed by atoms with Crippen molar-refractivity contribution >= 4 is 0 Å².